The Balaban J connectivity index is 1.49. The van der Waals surface area contributed by atoms with Gasteiger partial charge in [0.25, 0.3) is 5.56 Å². The molecule has 0 saturated carbocycles. The van der Waals surface area contributed by atoms with E-state index in [1.807, 2.05) is 6.07 Å². The topological polar surface area (TPSA) is 125 Å². The summed E-state index contributed by atoms with van der Waals surface area (Å²) in [5.41, 5.74) is -1.16. The zero-order valence-corrected chi connectivity index (χ0v) is 18.9. The maximum absolute atomic E-state index is 13.4. The average molecular weight is 496 g/mol. The smallest absolute Gasteiger partial charge is 0.331 e. The van der Waals surface area contributed by atoms with Crippen molar-refractivity contribution < 1.29 is 17.6 Å². The van der Waals surface area contributed by atoms with Gasteiger partial charge in [-0.05, 0) is 31.0 Å². The van der Waals surface area contributed by atoms with Crippen molar-refractivity contribution in [2.45, 2.75) is 30.8 Å². The average Bonchev–Trinajstić information content (AvgIpc) is 3.28. The highest BCUT2D eigenvalue weighted by Gasteiger charge is 2.31. The van der Waals surface area contributed by atoms with Crippen LogP contribution in [0, 0.1) is 17.1 Å². The van der Waals surface area contributed by atoms with Crippen LogP contribution in [0.2, 0.25) is 5.02 Å². The van der Waals surface area contributed by atoms with Crippen molar-refractivity contribution >= 4 is 27.5 Å². The van der Waals surface area contributed by atoms with Crippen LogP contribution in [0.25, 0.3) is 0 Å². The summed E-state index contributed by atoms with van der Waals surface area (Å²) in [6.07, 6.45) is 1.09. The van der Waals surface area contributed by atoms with Crippen LogP contribution >= 0.6 is 11.6 Å². The van der Waals surface area contributed by atoms with E-state index in [4.69, 9.17) is 11.6 Å². The summed E-state index contributed by atoms with van der Waals surface area (Å²) in [4.78, 5) is 39.3. The van der Waals surface area contributed by atoms with Gasteiger partial charge in [0.05, 0.1) is 9.92 Å². The zero-order valence-electron chi connectivity index (χ0n) is 17.3. The fourth-order valence-electron chi connectivity index (χ4n) is 4.09. The maximum Gasteiger partial charge on any atom is 0.331 e. The summed E-state index contributed by atoms with van der Waals surface area (Å²) in [5, 5.41) is 9.03. The first-order valence-electron chi connectivity index (χ1n) is 10.1. The fourth-order valence-corrected chi connectivity index (χ4v) is 5.78. The molecule has 2 aliphatic heterocycles. The second-order valence-electron chi connectivity index (χ2n) is 7.72. The molecule has 1 aromatic heterocycles. The molecule has 1 aromatic carbocycles. The van der Waals surface area contributed by atoms with Crippen molar-refractivity contribution in [2.75, 3.05) is 26.2 Å². The number of sulfonamides is 1. The van der Waals surface area contributed by atoms with E-state index in [-0.39, 0.29) is 41.7 Å². The van der Waals surface area contributed by atoms with Gasteiger partial charge in [-0.1, -0.05) is 11.6 Å². The van der Waals surface area contributed by atoms with E-state index < -0.39 is 39.5 Å². The van der Waals surface area contributed by atoms with E-state index >= 15 is 0 Å². The molecular formula is C20H19ClFN5O5S. The Hall–Kier alpha value is -3.01. The molecule has 1 fully saturated rings. The molecule has 2 aromatic rings. The van der Waals surface area contributed by atoms with Crippen LogP contribution in [-0.2, 0) is 34.3 Å². The second-order valence-corrected chi connectivity index (χ2v) is 10.1. The van der Waals surface area contributed by atoms with Crippen molar-refractivity contribution in [1.82, 2.24) is 18.3 Å². The molecule has 174 valence electrons. The van der Waals surface area contributed by atoms with Crippen LogP contribution in [0.15, 0.2) is 32.7 Å². The minimum absolute atomic E-state index is 0.0232. The molecule has 0 N–H and O–H groups in total. The number of nitrogens with zero attached hydrogens (tertiary/aromatic N) is 5. The minimum Gasteiger partial charge on any atom is -0.338 e. The number of carbonyl (C=O) groups excluding carboxylic acids is 1. The van der Waals surface area contributed by atoms with Crippen LogP contribution in [0.3, 0.4) is 0 Å². The quantitative estimate of drug-likeness (QED) is 0.594. The predicted molar refractivity (Wildman–Crippen MR) is 115 cm³/mol. The van der Waals surface area contributed by atoms with Gasteiger partial charge < -0.3 is 4.90 Å². The molecule has 0 radical (unpaired) electrons. The molecule has 0 spiro atoms. The Labute approximate surface area is 193 Å². The van der Waals surface area contributed by atoms with E-state index in [1.54, 1.807) is 0 Å². The van der Waals surface area contributed by atoms with Crippen LogP contribution < -0.4 is 11.2 Å². The third-order valence-electron chi connectivity index (χ3n) is 5.86. The first-order valence-corrected chi connectivity index (χ1v) is 12.0. The molecular weight excluding hydrogens is 477 g/mol. The Morgan fingerprint density at radius 2 is 1.85 bits per heavy atom. The first-order chi connectivity index (χ1) is 15.6. The van der Waals surface area contributed by atoms with E-state index in [0.717, 1.165) is 27.1 Å². The summed E-state index contributed by atoms with van der Waals surface area (Å²) in [7, 11) is -3.94. The van der Waals surface area contributed by atoms with Gasteiger partial charge >= 0.3 is 5.69 Å². The van der Waals surface area contributed by atoms with Crippen molar-refractivity contribution in [3.8, 4) is 6.07 Å². The van der Waals surface area contributed by atoms with E-state index in [2.05, 4.69) is 0 Å². The van der Waals surface area contributed by atoms with Crippen LogP contribution in [0.4, 0.5) is 4.39 Å². The van der Waals surface area contributed by atoms with Crippen molar-refractivity contribution in [2.24, 2.45) is 0 Å². The number of fused-ring (bicyclic) bond motifs is 1. The largest absolute Gasteiger partial charge is 0.338 e. The Bertz CT molecular complexity index is 1400. The lowest BCUT2D eigenvalue weighted by molar-refractivity contribution is -0.133. The summed E-state index contributed by atoms with van der Waals surface area (Å²) in [6.45, 7) is -0.123. The molecule has 0 bridgehead atoms. The van der Waals surface area contributed by atoms with Gasteiger partial charge in [0.2, 0.25) is 15.9 Å². The molecule has 10 nitrogen and oxygen atoms in total. The van der Waals surface area contributed by atoms with Gasteiger partial charge in [0.15, 0.2) is 0 Å². The summed E-state index contributed by atoms with van der Waals surface area (Å²) in [6, 6.07) is 4.96. The molecule has 3 heterocycles. The van der Waals surface area contributed by atoms with Gasteiger partial charge in [-0.25, -0.2) is 22.2 Å². The molecule has 2 aliphatic rings. The number of carbonyl (C=O) groups is 1. The van der Waals surface area contributed by atoms with Crippen LogP contribution in [0.5, 0.6) is 0 Å². The van der Waals surface area contributed by atoms with Gasteiger partial charge in [0, 0.05) is 38.4 Å². The van der Waals surface area contributed by atoms with Crippen molar-refractivity contribution in [3.63, 3.8) is 0 Å². The SMILES string of the molecule is N#Cc1c2n(c(=O)n(CC(=O)N3CCN(S(=O)(=O)c4ccc(F)c(Cl)c4)CC3)c1=O)CCC2. The van der Waals surface area contributed by atoms with Crippen molar-refractivity contribution in [3.05, 3.63) is 61.1 Å². The lowest BCUT2D eigenvalue weighted by Gasteiger charge is -2.34. The number of benzene rings is 1. The third kappa shape index (κ3) is 4.07. The van der Waals surface area contributed by atoms with Gasteiger partial charge in [-0.15, -0.1) is 0 Å². The number of amides is 1. The van der Waals surface area contributed by atoms with Gasteiger partial charge in [0.1, 0.15) is 24.0 Å². The normalized spacial score (nSPS) is 16.5. The lowest BCUT2D eigenvalue weighted by Crippen LogP contribution is -2.52. The number of piperazine rings is 1. The monoisotopic (exact) mass is 495 g/mol. The number of halogens is 2. The predicted octanol–water partition coefficient (Wildman–Crippen LogP) is 0.153. The first kappa shape index (κ1) is 23.2. The second kappa shape index (κ2) is 8.74. The number of rotatable bonds is 4. The summed E-state index contributed by atoms with van der Waals surface area (Å²) >= 11 is 5.70. The molecule has 13 heteroatoms. The summed E-state index contributed by atoms with van der Waals surface area (Å²) < 4.78 is 42.3. The molecule has 0 aliphatic carbocycles. The Kier molecular flexibility index (Phi) is 6.13. The molecule has 4 rings (SSSR count). The van der Waals surface area contributed by atoms with Crippen molar-refractivity contribution in [1.29, 1.82) is 5.26 Å². The zero-order chi connectivity index (χ0) is 23.9. The highest BCUT2D eigenvalue weighted by Crippen LogP contribution is 2.23. The molecule has 1 amide bonds. The molecule has 0 unspecified atom stereocenters. The minimum atomic E-state index is -3.94. The van der Waals surface area contributed by atoms with E-state index in [9.17, 15) is 32.5 Å². The lowest BCUT2D eigenvalue weighted by atomic mass is 10.2. The summed E-state index contributed by atoms with van der Waals surface area (Å²) in [5.74, 6) is -1.26. The molecule has 1 saturated heterocycles. The van der Waals surface area contributed by atoms with Gasteiger partial charge in [-0.2, -0.15) is 9.57 Å². The third-order valence-corrected chi connectivity index (χ3v) is 8.04. The molecule has 0 atom stereocenters. The molecule has 33 heavy (non-hydrogen) atoms. The number of nitriles is 1. The Morgan fingerprint density at radius 1 is 1.15 bits per heavy atom. The standard InChI is InChI=1S/C20H19ClFN5O5S/c21-15-10-13(3-4-16(15)22)33(31,32)25-8-6-24(7-9-25)18(28)12-27-19(29)14(11-23)17-2-1-5-26(17)20(27)30/h3-4,10H,1-2,5-9,12H2. The van der Waals surface area contributed by atoms with Crippen LogP contribution in [0.1, 0.15) is 17.7 Å². The maximum atomic E-state index is 13.4. The number of aromatic nitrogens is 2. The van der Waals surface area contributed by atoms with E-state index in [0.29, 0.717) is 25.1 Å². The van der Waals surface area contributed by atoms with Crippen LogP contribution in [-0.4, -0.2) is 58.8 Å². The van der Waals surface area contributed by atoms with E-state index in [1.165, 1.54) is 9.47 Å². The highest BCUT2D eigenvalue weighted by molar-refractivity contribution is 7.89. The highest BCUT2D eigenvalue weighted by atomic mass is 35.5. The number of hydrogen-bond acceptors (Lipinski definition) is 6. The Morgan fingerprint density at radius 3 is 2.48 bits per heavy atom. The number of hydrogen-bond donors (Lipinski definition) is 0. The fraction of sp³-hybridized carbons (Fsp3) is 0.400. The van der Waals surface area contributed by atoms with Gasteiger partial charge in [-0.3, -0.25) is 14.2 Å².